The summed E-state index contributed by atoms with van der Waals surface area (Å²) in [7, 11) is 0. The van der Waals surface area contributed by atoms with Gasteiger partial charge in [0.25, 0.3) is 5.91 Å². The number of rotatable bonds is 3. The van der Waals surface area contributed by atoms with Gasteiger partial charge in [-0.05, 0) is 29.8 Å². The van der Waals surface area contributed by atoms with Gasteiger partial charge in [0.05, 0.1) is 27.7 Å². The molecular formula is C17H13Cl2N3O3. The van der Waals surface area contributed by atoms with Gasteiger partial charge in [-0.1, -0.05) is 23.2 Å². The van der Waals surface area contributed by atoms with Gasteiger partial charge in [-0.25, -0.2) is 4.98 Å². The molecule has 25 heavy (non-hydrogen) atoms. The van der Waals surface area contributed by atoms with E-state index in [4.69, 9.17) is 23.2 Å². The molecule has 2 aromatic heterocycles. The lowest BCUT2D eigenvalue weighted by atomic mass is 10.1. The summed E-state index contributed by atoms with van der Waals surface area (Å²) in [4.78, 5) is 28.3. The third kappa shape index (κ3) is 3.24. The SMILES string of the molecule is CC(=O)Nc1nccc2c1ccn2C(=O)c1c(Cl)cc(CO)cc1Cl. The van der Waals surface area contributed by atoms with Gasteiger partial charge in [-0.15, -0.1) is 0 Å². The molecule has 1 amide bonds. The Bertz CT molecular complexity index is 975. The van der Waals surface area contributed by atoms with Gasteiger partial charge in [0, 0.05) is 24.7 Å². The van der Waals surface area contributed by atoms with Crippen molar-refractivity contribution in [2.45, 2.75) is 13.5 Å². The summed E-state index contributed by atoms with van der Waals surface area (Å²) < 4.78 is 1.38. The van der Waals surface area contributed by atoms with Crippen molar-refractivity contribution in [3.05, 3.63) is 57.8 Å². The number of anilines is 1. The summed E-state index contributed by atoms with van der Waals surface area (Å²) in [5, 5.41) is 12.7. The number of halogens is 2. The molecule has 0 saturated heterocycles. The highest BCUT2D eigenvalue weighted by atomic mass is 35.5. The molecule has 3 rings (SSSR count). The Morgan fingerprint density at radius 1 is 1.24 bits per heavy atom. The maximum absolute atomic E-state index is 12.9. The number of hydrogen-bond donors (Lipinski definition) is 2. The number of benzene rings is 1. The number of nitrogens with one attached hydrogen (secondary N) is 1. The molecule has 0 atom stereocenters. The first-order chi connectivity index (χ1) is 11.9. The molecule has 0 spiro atoms. The van der Waals surface area contributed by atoms with E-state index in [9.17, 15) is 14.7 Å². The predicted octanol–water partition coefficient (Wildman–Crippen LogP) is 3.48. The van der Waals surface area contributed by atoms with Gasteiger partial charge in [0.2, 0.25) is 5.91 Å². The van der Waals surface area contributed by atoms with E-state index >= 15 is 0 Å². The van der Waals surface area contributed by atoms with Crippen molar-refractivity contribution in [2.24, 2.45) is 0 Å². The van der Waals surface area contributed by atoms with Gasteiger partial charge in [0.1, 0.15) is 5.82 Å². The standard InChI is InChI=1S/C17H13Cl2N3O3/c1-9(24)21-16-11-3-5-22(14(11)2-4-20-16)17(25)15-12(18)6-10(8-23)7-13(15)19/h2-7,23H,8H2,1H3,(H,20,21,24). The van der Waals surface area contributed by atoms with Crippen LogP contribution in [0.4, 0.5) is 5.82 Å². The zero-order valence-electron chi connectivity index (χ0n) is 13.1. The van der Waals surface area contributed by atoms with E-state index in [0.29, 0.717) is 22.3 Å². The van der Waals surface area contributed by atoms with Crippen molar-refractivity contribution in [1.29, 1.82) is 0 Å². The van der Waals surface area contributed by atoms with E-state index in [0.717, 1.165) is 0 Å². The summed E-state index contributed by atoms with van der Waals surface area (Å²) in [6.45, 7) is 1.15. The molecule has 8 heteroatoms. The van der Waals surface area contributed by atoms with Crippen molar-refractivity contribution < 1.29 is 14.7 Å². The van der Waals surface area contributed by atoms with E-state index < -0.39 is 5.91 Å². The smallest absolute Gasteiger partial charge is 0.265 e. The molecule has 128 valence electrons. The molecule has 3 aromatic rings. The molecule has 0 unspecified atom stereocenters. The van der Waals surface area contributed by atoms with Crippen LogP contribution in [0.25, 0.3) is 10.9 Å². The molecular weight excluding hydrogens is 365 g/mol. The summed E-state index contributed by atoms with van der Waals surface area (Å²) >= 11 is 12.4. The number of aliphatic hydroxyl groups excluding tert-OH is 1. The molecule has 0 radical (unpaired) electrons. The normalized spacial score (nSPS) is 10.9. The fraction of sp³-hybridized carbons (Fsp3) is 0.118. The van der Waals surface area contributed by atoms with Gasteiger partial charge in [0.15, 0.2) is 0 Å². The van der Waals surface area contributed by atoms with Crippen LogP contribution in [0.2, 0.25) is 10.0 Å². The zero-order chi connectivity index (χ0) is 18.1. The maximum atomic E-state index is 12.9. The van der Waals surface area contributed by atoms with E-state index in [1.165, 1.54) is 29.8 Å². The van der Waals surface area contributed by atoms with Crippen LogP contribution in [0.5, 0.6) is 0 Å². The Hall–Kier alpha value is -2.41. The molecule has 1 aromatic carbocycles. The summed E-state index contributed by atoms with van der Waals surface area (Å²) in [5.74, 6) is -0.316. The Labute approximate surface area is 153 Å². The quantitative estimate of drug-likeness (QED) is 0.731. The molecule has 0 bridgehead atoms. The molecule has 0 aliphatic rings. The molecule has 2 N–H and O–H groups in total. The van der Waals surface area contributed by atoms with Crippen molar-refractivity contribution in [3.63, 3.8) is 0 Å². The first-order valence-electron chi connectivity index (χ1n) is 7.29. The number of aromatic nitrogens is 2. The topological polar surface area (TPSA) is 84.2 Å². The van der Waals surface area contributed by atoms with Crippen LogP contribution in [0.15, 0.2) is 36.7 Å². The number of carbonyl (C=O) groups excluding carboxylic acids is 2. The Morgan fingerprint density at radius 2 is 1.92 bits per heavy atom. The maximum Gasteiger partial charge on any atom is 0.265 e. The van der Waals surface area contributed by atoms with E-state index in [1.54, 1.807) is 18.3 Å². The first kappa shape index (κ1) is 17.4. The van der Waals surface area contributed by atoms with Crippen LogP contribution in [0.3, 0.4) is 0 Å². The fourth-order valence-electron chi connectivity index (χ4n) is 2.55. The lowest BCUT2D eigenvalue weighted by Gasteiger charge is -2.10. The number of aliphatic hydroxyl groups is 1. The van der Waals surface area contributed by atoms with Gasteiger partial charge >= 0.3 is 0 Å². The van der Waals surface area contributed by atoms with Gasteiger partial charge < -0.3 is 10.4 Å². The Kier molecular flexibility index (Phi) is 4.76. The van der Waals surface area contributed by atoms with Crippen molar-refractivity contribution in [3.8, 4) is 0 Å². The lowest BCUT2D eigenvalue weighted by Crippen LogP contribution is -2.13. The summed E-state index contributed by atoms with van der Waals surface area (Å²) in [6.07, 6.45) is 3.06. The molecule has 6 nitrogen and oxygen atoms in total. The van der Waals surface area contributed by atoms with E-state index in [1.807, 2.05) is 0 Å². The van der Waals surface area contributed by atoms with E-state index in [-0.39, 0.29) is 28.1 Å². The number of pyridine rings is 1. The average molecular weight is 378 g/mol. The molecule has 0 saturated carbocycles. The largest absolute Gasteiger partial charge is 0.392 e. The zero-order valence-corrected chi connectivity index (χ0v) is 14.6. The number of amides is 1. The molecule has 2 heterocycles. The predicted molar refractivity (Wildman–Crippen MR) is 96.2 cm³/mol. The highest BCUT2D eigenvalue weighted by Gasteiger charge is 2.20. The van der Waals surface area contributed by atoms with Gasteiger partial charge in [-0.2, -0.15) is 0 Å². The second-order valence-corrected chi connectivity index (χ2v) is 6.17. The second-order valence-electron chi connectivity index (χ2n) is 5.36. The van der Waals surface area contributed by atoms with Crippen molar-refractivity contribution in [2.75, 3.05) is 5.32 Å². The van der Waals surface area contributed by atoms with Crippen LogP contribution in [-0.4, -0.2) is 26.5 Å². The fourth-order valence-corrected chi connectivity index (χ4v) is 3.25. The minimum atomic E-state index is -0.422. The second kappa shape index (κ2) is 6.84. The van der Waals surface area contributed by atoms with Crippen LogP contribution in [0.1, 0.15) is 22.8 Å². The van der Waals surface area contributed by atoms with Crippen molar-refractivity contribution >= 4 is 51.7 Å². The van der Waals surface area contributed by atoms with Gasteiger partial charge in [-0.3, -0.25) is 14.2 Å². The number of fused-ring (bicyclic) bond motifs is 1. The van der Waals surface area contributed by atoms with Crippen LogP contribution < -0.4 is 5.32 Å². The number of hydrogen-bond acceptors (Lipinski definition) is 4. The van der Waals surface area contributed by atoms with Crippen LogP contribution in [0, 0.1) is 0 Å². The van der Waals surface area contributed by atoms with Crippen LogP contribution in [-0.2, 0) is 11.4 Å². The first-order valence-corrected chi connectivity index (χ1v) is 8.05. The summed E-state index contributed by atoms with van der Waals surface area (Å²) in [6, 6.07) is 6.32. The average Bonchev–Trinajstić information content (AvgIpc) is 2.98. The Morgan fingerprint density at radius 3 is 2.52 bits per heavy atom. The Balaban J connectivity index is 2.12. The molecule has 0 fully saturated rings. The minimum absolute atomic E-state index is 0.135. The number of carbonyl (C=O) groups is 2. The highest BCUT2D eigenvalue weighted by molar-refractivity contribution is 6.40. The minimum Gasteiger partial charge on any atom is -0.392 e. The van der Waals surface area contributed by atoms with E-state index in [2.05, 4.69) is 10.3 Å². The van der Waals surface area contributed by atoms with Crippen molar-refractivity contribution in [1.82, 2.24) is 9.55 Å². The summed E-state index contributed by atoms with van der Waals surface area (Å²) in [5.41, 5.74) is 1.21. The molecule has 0 aliphatic heterocycles. The molecule has 0 aliphatic carbocycles. The monoisotopic (exact) mass is 377 g/mol. The third-order valence-corrected chi connectivity index (χ3v) is 4.22. The lowest BCUT2D eigenvalue weighted by molar-refractivity contribution is -0.114. The highest BCUT2D eigenvalue weighted by Crippen LogP contribution is 2.30. The van der Waals surface area contributed by atoms with Crippen LogP contribution >= 0.6 is 23.2 Å². The number of nitrogens with zero attached hydrogens (tertiary/aromatic N) is 2. The third-order valence-electron chi connectivity index (χ3n) is 3.63.